The zero-order valence-electron chi connectivity index (χ0n) is 15.7. The van der Waals surface area contributed by atoms with Crippen molar-refractivity contribution in [3.8, 4) is 0 Å². The van der Waals surface area contributed by atoms with Gasteiger partial charge in [-0.05, 0) is 55.9 Å². The van der Waals surface area contributed by atoms with Crippen molar-refractivity contribution >= 4 is 50.8 Å². The standard InChI is InChI=1S/C21H20ClNO4S/c1-11-7-16-14(9-15(11)22)12(10-27-16)8-18(24)23-20-19(21(25)26-2)13-5-3-4-6-17(13)28-20/h7,9-10H,3-6,8H2,1-2H3,(H,23,24). The van der Waals surface area contributed by atoms with Crippen LogP contribution < -0.4 is 5.32 Å². The first-order chi connectivity index (χ1) is 13.5. The number of thiophene rings is 1. The minimum Gasteiger partial charge on any atom is -0.465 e. The van der Waals surface area contributed by atoms with E-state index in [4.69, 9.17) is 20.8 Å². The Morgan fingerprint density at radius 2 is 2.07 bits per heavy atom. The molecule has 3 aromatic rings. The van der Waals surface area contributed by atoms with Gasteiger partial charge < -0.3 is 14.5 Å². The number of fused-ring (bicyclic) bond motifs is 2. The lowest BCUT2D eigenvalue weighted by Crippen LogP contribution is -2.16. The van der Waals surface area contributed by atoms with Crippen LogP contribution in [0.3, 0.4) is 0 Å². The highest BCUT2D eigenvalue weighted by Crippen LogP contribution is 2.38. The van der Waals surface area contributed by atoms with E-state index in [1.807, 2.05) is 19.1 Å². The van der Waals surface area contributed by atoms with Crippen molar-refractivity contribution in [3.05, 3.63) is 50.5 Å². The molecule has 1 aliphatic rings. The van der Waals surface area contributed by atoms with Gasteiger partial charge in [0, 0.05) is 20.8 Å². The summed E-state index contributed by atoms with van der Waals surface area (Å²) in [4.78, 5) is 26.2. The molecule has 7 heteroatoms. The SMILES string of the molecule is COC(=O)c1c(NC(=O)Cc2coc3cc(C)c(Cl)cc23)sc2c1CCCC2. The van der Waals surface area contributed by atoms with Gasteiger partial charge in [0.25, 0.3) is 0 Å². The van der Waals surface area contributed by atoms with Crippen molar-refractivity contribution in [2.45, 2.75) is 39.0 Å². The van der Waals surface area contributed by atoms with Gasteiger partial charge >= 0.3 is 5.97 Å². The summed E-state index contributed by atoms with van der Waals surface area (Å²) in [6, 6.07) is 3.68. The van der Waals surface area contributed by atoms with Gasteiger partial charge in [-0.1, -0.05) is 11.6 Å². The Labute approximate surface area is 171 Å². The zero-order valence-corrected chi connectivity index (χ0v) is 17.3. The number of hydrogen-bond acceptors (Lipinski definition) is 5. The molecule has 146 valence electrons. The van der Waals surface area contributed by atoms with Gasteiger partial charge in [-0.25, -0.2) is 4.79 Å². The van der Waals surface area contributed by atoms with Gasteiger partial charge in [-0.2, -0.15) is 0 Å². The third-order valence-corrected chi connectivity index (χ3v) is 6.71. The van der Waals surface area contributed by atoms with E-state index in [1.165, 1.54) is 18.4 Å². The number of ether oxygens (including phenoxy) is 1. The number of carbonyl (C=O) groups is 2. The van der Waals surface area contributed by atoms with E-state index in [2.05, 4.69) is 5.32 Å². The Hall–Kier alpha value is -2.31. The fraction of sp³-hybridized carbons (Fsp3) is 0.333. The summed E-state index contributed by atoms with van der Waals surface area (Å²) in [6.07, 6.45) is 5.64. The van der Waals surface area contributed by atoms with E-state index in [9.17, 15) is 9.59 Å². The van der Waals surface area contributed by atoms with E-state index in [-0.39, 0.29) is 12.3 Å². The third kappa shape index (κ3) is 3.42. The number of rotatable bonds is 4. The van der Waals surface area contributed by atoms with Crippen molar-refractivity contribution in [3.63, 3.8) is 0 Å². The van der Waals surface area contributed by atoms with Crippen molar-refractivity contribution in [2.24, 2.45) is 0 Å². The molecule has 28 heavy (non-hydrogen) atoms. The molecule has 1 aromatic carbocycles. The van der Waals surface area contributed by atoms with Crippen molar-refractivity contribution in [1.82, 2.24) is 0 Å². The quantitative estimate of drug-likeness (QED) is 0.584. The molecule has 0 bridgehead atoms. The number of methoxy groups -OCH3 is 1. The molecule has 5 nitrogen and oxygen atoms in total. The Morgan fingerprint density at radius 1 is 1.29 bits per heavy atom. The van der Waals surface area contributed by atoms with Crippen LogP contribution in [0.15, 0.2) is 22.8 Å². The summed E-state index contributed by atoms with van der Waals surface area (Å²) in [5, 5.41) is 4.95. The smallest absolute Gasteiger partial charge is 0.341 e. The van der Waals surface area contributed by atoms with E-state index in [0.717, 1.165) is 52.6 Å². The highest BCUT2D eigenvalue weighted by Gasteiger charge is 2.27. The molecule has 0 saturated heterocycles. The summed E-state index contributed by atoms with van der Waals surface area (Å²) < 4.78 is 10.5. The number of hydrogen-bond donors (Lipinski definition) is 1. The van der Waals surface area contributed by atoms with Gasteiger partial charge in [-0.3, -0.25) is 4.79 Å². The largest absolute Gasteiger partial charge is 0.465 e. The number of anilines is 1. The van der Waals surface area contributed by atoms with Crippen LogP contribution in [0.2, 0.25) is 5.02 Å². The summed E-state index contributed by atoms with van der Waals surface area (Å²) in [5.74, 6) is -0.603. The van der Waals surface area contributed by atoms with Crippen LogP contribution in [0.1, 0.15) is 44.8 Å². The lowest BCUT2D eigenvalue weighted by Gasteiger charge is -2.11. The van der Waals surface area contributed by atoms with Crippen LogP contribution in [0.5, 0.6) is 0 Å². The van der Waals surface area contributed by atoms with Gasteiger partial charge in [0.1, 0.15) is 10.6 Å². The fourth-order valence-electron chi connectivity index (χ4n) is 3.65. The second-order valence-electron chi connectivity index (χ2n) is 6.99. The fourth-order valence-corrected chi connectivity index (χ4v) is 5.11. The molecular weight excluding hydrogens is 398 g/mol. The number of carbonyl (C=O) groups excluding carboxylic acids is 2. The van der Waals surface area contributed by atoms with E-state index >= 15 is 0 Å². The molecular formula is C21H20ClNO4S. The highest BCUT2D eigenvalue weighted by atomic mass is 35.5. The predicted octanol–water partition coefficient (Wildman–Crippen LogP) is 5.30. The van der Waals surface area contributed by atoms with Gasteiger partial charge in [0.15, 0.2) is 0 Å². The minimum atomic E-state index is -0.397. The van der Waals surface area contributed by atoms with Gasteiger partial charge in [0.2, 0.25) is 5.91 Å². The first-order valence-corrected chi connectivity index (χ1v) is 10.4. The van der Waals surface area contributed by atoms with Crippen molar-refractivity contribution in [2.75, 3.05) is 12.4 Å². The maximum atomic E-state index is 12.7. The molecule has 0 saturated carbocycles. The van der Waals surface area contributed by atoms with Crippen LogP contribution in [0, 0.1) is 6.92 Å². The Kier molecular flexibility index (Phi) is 5.17. The summed E-state index contributed by atoms with van der Waals surface area (Å²) in [7, 11) is 1.37. The molecule has 0 atom stereocenters. The zero-order chi connectivity index (χ0) is 19.8. The number of furan rings is 1. The molecule has 2 heterocycles. The Bertz CT molecular complexity index is 1080. The van der Waals surface area contributed by atoms with Crippen LogP contribution >= 0.6 is 22.9 Å². The number of nitrogens with one attached hydrogen (secondary N) is 1. The first-order valence-electron chi connectivity index (χ1n) is 9.17. The second kappa shape index (κ2) is 7.60. The van der Waals surface area contributed by atoms with E-state index in [1.54, 1.807) is 6.26 Å². The summed E-state index contributed by atoms with van der Waals surface area (Å²) in [5.41, 5.74) is 3.91. The van der Waals surface area contributed by atoms with E-state index < -0.39 is 5.97 Å². The number of benzene rings is 1. The van der Waals surface area contributed by atoms with Crippen molar-refractivity contribution < 1.29 is 18.7 Å². The molecule has 1 N–H and O–H groups in total. The average Bonchev–Trinajstić information content (AvgIpc) is 3.22. The van der Waals surface area contributed by atoms with Crippen LogP contribution in [0.4, 0.5) is 5.00 Å². The number of esters is 1. The topological polar surface area (TPSA) is 68.5 Å². The third-order valence-electron chi connectivity index (χ3n) is 5.10. The molecule has 1 amide bonds. The lowest BCUT2D eigenvalue weighted by molar-refractivity contribution is -0.115. The average molecular weight is 418 g/mol. The van der Waals surface area contributed by atoms with Crippen molar-refractivity contribution in [1.29, 1.82) is 0 Å². The molecule has 4 rings (SSSR count). The molecule has 0 radical (unpaired) electrons. The minimum absolute atomic E-state index is 0.134. The Balaban J connectivity index is 1.60. The molecule has 2 aromatic heterocycles. The predicted molar refractivity (Wildman–Crippen MR) is 111 cm³/mol. The molecule has 0 unspecified atom stereocenters. The molecule has 1 aliphatic carbocycles. The maximum Gasteiger partial charge on any atom is 0.341 e. The van der Waals surface area contributed by atoms with Crippen LogP contribution in [0.25, 0.3) is 11.0 Å². The number of halogens is 1. The molecule has 0 aliphatic heterocycles. The van der Waals surface area contributed by atoms with Gasteiger partial charge in [-0.15, -0.1) is 11.3 Å². The first kappa shape index (κ1) is 19.0. The summed E-state index contributed by atoms with van der Waals surface area (Å²) in [6.45, 7) is 1.91. The maximum absolute atomic E-state index is 12.7. The normalized spacial score (nSPS) is 13.4. The van der Waals surface area contributed by atoms with Crippen LogP contribution in [-0.2, 0) is 28.8 Å². The monoisotopic (exact) mass is 417 g/mol. The Morgan fingerprint density at radius 3 is 2.86 bits per heavy atom. The molecule has 0 fully saturated rings. The van der Waals surface area contributed by atoms with Crippen LogP contribution in [-0.4, -0.2) is 19.0 Å². The molecule has 0 spiro atoms. The van der Waals surface area contributed by atoms with Gasteiger partial charge in [0.05, 0.1) is 25.4 Å². The number of aryl methyl sites for hydroxylation is 2. The van der Waals surface area contributed by atoms with E-state index in [0.29, 0.717) is 21.2 Å². The highest BCUT2D eigenvalue weighted by molar-refractivity contribution is 7.17. The lowest BCUT2D eigenvalue weighted by atomic mass is 9.95. The second-order valence-corrected chi connectivity index (χ2v) is 8.50. The number of amides is 1. The summed E-state index contributed by atoms with van der Waals surface area (Å²) >= 11 is 7.70.